The number of nitrogens with two attached hydrogens (primary N) is 1. The zero-order valence-corrected chi connectivity index (χ0v) is 7.82. The molecular formula is C9H15N3O. The second kappa shape index (κ2) is 2.82. The van der Waals surface area contributed by atoms with E-state index < -0.39 is 5.54 Å². The smallest absolute Gasteiger partial charge is 0.0678 e. The molecule has 4 nitrogen and oxygen atoms in total. The first-order chi connectivity index (χ1) is 6.15. The normalized spacial score (nSPS) is 27.3. The molecule has 0 amide bonds. The van der Waals surface area contributed by atoms with Gasteiger partial charge in [0.2, 0.25) is 0 Å². The number of aromatic nitrogens is 2. The number of hydrogen-bond donors (Lipinski definition) is 2. The van der Waals surface area contributed by atoms with Crippen LogP contribution in [-0.4, -0.2) is 21.5 Å². The van der Waals surface area contributed by atoms with E-state index in [2.05, 4.69) is 5.10 Å². The highest BCUT2D eigenvalue weighted by molar-refractivity contribution is 5.29. The molecule has 4 heteroatoms. The lowest BCUT2D eigenvalue weighted by molar-refractivity contribution is 0.178. The van der Waals surface area contributed by atoms with Gasteiger partial charge in [0.1, 0.15) is 0 Å². The Kier molecular flexibility index (Phi) is 1.89. The highest BCUT2D eigenvalue weighted by Gasteiger charge is 2.33. The summed E-state index contributed by atoms with van der Waals surface area (Å²) in [6.45, 7) is 0.00565. The Labute approximate surface area is 77.4 Å². The van der Waals surface area contributed by atoms with Crippen molar-refractivity contribution >= 4 is 0 Å². The fourth-order valence-corrected chi connectivity index (χ4v) is 2.01. The van der Waals surface area contributed by atoms with Gasteiger partial charge in [0.25, 0.3) is 0 Å². The molecule has 0 saturated carbocycles. The minimum Gasteiger partial charge on any atom is -0.394 e. The minimum absolute atomic E-state index is 0.00565. The molecule has 2 rings (SSSR count). The van der Waals surface area contributed by atoms with Crippen molar-refractivity contribution in [2.75, 3.05) is 6.61 Å². The molecule has 0 fully saturated rings. The molecule has 0 saturated heterocycles. The van der Waals surface area contributed by atoms with Crippen LogP contribution >= 0.6 is 0 Å². The maximum atomic E-state index is 9.24. The first-order valence-corrected chi connectivity index (χ1v) is 4.58. The minimum atomic E-state index is -0.554. The molecule has 1 aliphatic carbocycles. The highest BCUT2D eigenvalue weighted by atomic mass is 16.3. The summed E-state index contributed by atoms with van der Waals surface area (Å²) in [4.78, 5) is 0. The van der Waals surface area contributed by atoms with Crippen LogP contribution in [0.15, 0.2) is 6.20 Å². The van der Waals surface area contributed by atoms with Crippen LogP contribution in [0, 0.1) is 0 Å². The lowest BCUT2D eigenvalue weighted by Gasteiger charge is -2.30. The largest absolute Gasteiger partial charge is 0.394 e. The summed E-state index contributed by atoms with van der Waals surface area (Å²) in [6, 6.07) is 0. The summed E-state index contributed by atoms with van der Waals surface area (Å²) in [5.74, 6) is 0. The summed E-state index contributed by atoms with van der Waals surface area (Å²) in [6.07, 6.45) is 4.77. The third kappa shape index (κ3) is 1.26. The molecule has 0 aromatic carbocycles. The van der Waals surface area contributed by atoms with Gasteiger partial charge in [0.05, 0.1) is 17.8 Å². The van der Waals surface area contributed by atoms with Crippen LogP contribution in [0.3, 0.4) is 0 Å². The Morgan fingerprint density at radius 2 is 2.54 bits per heavy atom. The monoisotopic (exact) mass is 181 g/mol. The lowest BCUT2D eigenvalue weighted by Crippen LogP contribution is -2.43. The van der Waals surface area contributed by atoms with Crippen molar-refractivity contribution in [1.29, 1.82) is 0 Å². The predicted molar refractivity (Wildman–Crippen MR) is 49.1 cm³/mol. The second-order valence-electron chi connectivity index (χ2n) is 3.83. The maximum absolute atomic E-state index is 9.24. The van der Waals surface area contributed by atoms with Gasteiger partial charge in [-0.3, -0.25) is 4.68 Å². The van der Waals surface area contributed by atoms with Gasteiger partial charge in [-0.1, -0.05) is 0 Å². The molecule has 3 N–H and O–H groups in total. The summed E-state index contributed by atoms with van der Waals surface area (Å²) in [7, 11) is 1.89. The molecular weight excluding hydrogens is 166 g/mol. The molecule has 13 heavy (non-hydrogen) atoms. The van der Waals surface area contributed by atoms with E-state index in [1.807, 2.05) is 13.2 Å². The Bertz CT molecular complexity index is 321. The molecule has 1 unspecified atom stereocenters. The van der Waals surface area contributed by atoms with Gasteiger partial charge in [0, 0.05) is 18.8 Å². The molecule has 72 valence electrons. The van der Waals surface area contributed by atoms with Crippen molar-refractivity contribution < 1.29 is 5.11 Å². The van der Waals surface area contributed by atoms with Crippen LogP contribution in [-0.2, 0) is 19.0 Å². The predicted octanol–water partition coefficient (Wildman–Crippen LogP) is -0.0973. The van der Waals surface area contributed by atoms with E-state index in [-0.39, 0.29) is 6.61 Å². The Balaban J connectivity index is 2.47. The number of aliphatic hydroxyl groups is 1. The topological polar surface area (TPSA) is 64.1 Å². The summed E-state index contributed by atoms with van der Waals surface area (Å²) < 4.78 is 1.77. The maximum Gasteiger partial charge on any atom is 0.0678 e. The SMILES string of the molecule is Cn1cc2c(n1)CCCC2(N)CO. The molecule has 1 aromatic rings. The van der Waals surface area contributed by atoms with Crippen LogP contribution in [0.25, 0.3) is 0 Å². The Hall–Kier alpha value is -0.870. The van der Waals surface area contributed by atoms with Crippen LogP contribution < -0.4 is 5.73 Å². The average Bonchev–Trinajstić information content (AvgIpc) is 2.48. The van der Waals surface area contributed by atoms with Gasteiger partial charge in [-0.05, 0) is 19.3 Å². The molecule has 0 spiro atoms. The van der Waals surface area contributed by atoms with Crippen molar-refractivity contribution in [2.24, 2.45) is 12.8 Å². The first-order valence-electron chi connectivity index (χ1n) is 4.58. The van der Waals surface area contributed by atoms with Crippen LogP contribution in [0.4, 0.5) is 0 Å². The molecule has 1 heterocycles. The molecule has 0 bridgehead atoms. The lowest BCUT2D eigenvalue weighted by atomic mass is 9.81. The van der Waals surface area contributed by atoms with E-state index in [4.69, 9.17) is 5.73 Å². The van der Waals surface area contributed by atoms with Gasteiger partial charge >= 0.3 is 0 Å². The number of fused-ring (bicyclic) bond motifs is 1. The third-order valence-electron chi connectivity index (χ3n) is 2.76. The highest BCUT2D eigenvalue weighted by Crippen LogP contribution is 2.31. The molecule has 1 atom stereocenters. The van der Waals surface area contributed by atoms with Crippen molar-refractivity contribution in [1.82, 2.24) is 9.78 Å². The third-order valence-corrected chi connectivity index (χ3v) is 2.76. The van der Waals surface area contributed by atoms with Crippen molar-refractivity contribution in [3.8, 4) is 0 Å². The van der Waals surface area contributed by atoms with Crippen molar-refractivity contribution in [3.63, 3.8) is 0 Å². The molecule has 0 aliphatic heterocycles. The van der Waals surface area contributed by atoms with Crippen molar-refractivity contribution in [2.45, 2.75) is 24.8 Å². The van der Waals surface area contributed by atoms with Gasteiger partial charge in [-0.15, -0.1) is 0 Å². The fourth-order valence-electron chi connectivity index (χ4n) is 2.01. The average molecular weight is 181 g/mol. The van der Waals surface area contributed by atoms with E-state index >= 15 is 0 Å². The van der Waals surface area contributed by atoms with E-state index in [0.717, 1.165) is 30.5 Å². The molecule has 0 radical (unpaired) electrons. The number of aliphatic hydroxyl groups excluding tert-OH is 1. The van der Waals surface area contributed by atoms with Gasteiger partial charge in [-0.2, -0.15) is 5.10 Å². The van der Waals surface area contributed by atoms with Crippen molar-refractivity contribution in [3.05, 3.63) is 17.5 Å². The van der Waals surface area contributed by atoms with Crippen LogP contribution in [0.5, 0.6) is 0 Å². The van der Waals surface area contributed by atoms with Crippen LogP contribution in [0.2, 0.25) is 0 Å². The van der Waals surface area contributed by atoms with Crippen LogP contribution in [0.1, 0.15) is 24.1 Å². The second-order valence-corrected chi connectivity index (χ2v) is 3.83. The summed E-state index contributed by atoms with van der Waals surface area (Å²) in [5, 5.41) is 13.6. The standard InChI is InChI=1S/C9H15N3O/c1-12-5-7-8(11-12)3-2-4-9(7,10)6-13/h5,13H,2-4,6,10H2,1H3. The van der Waals surface area contributed by atoms with Gasteiger partial charge in [0.15, 0.2) is 0 Å². The zero-order chi connectivity index (χ0) is 9.47. The Morgan fingerprint density at radius 3 is 3.23 bits per heavy atom. The number of aryl methyl sites for hydroxylation is 2. The van der Waals surface area contributed by atoms with E-state index in [0.29, 0.717) is 0 Å². The number of nitrogens with zero attached hydrogens (tertiary/aromatic N) is 2. The fraction of sp³-hybridized carbons (Fsp3) is 0.667. The number of rotatable bonds is 1. The van der Waals surface area contributed by atoms with E-state index in [9.17, 15) is 5.11 Å². The zero-order valence-electron chi connectivity index (χ0n) is 7.82. The van der Waals surface area contributed by atoms with Gasteiger partial charge in [-0.25, -0.2) is 0 Å². The first kappa shape index (κ1) is 8.72. The number of hydrogen-bond acceptors (Lipinski definition) is 3. The van der Waals surface area contributed by atoms with E-state index in [1.165, 1.54) is 0 Å². The Morgan fingerprint density at radius 1 is 1.77 bits per heavy atom. The summed E-state index contributed by atoms with van der Waals surface area (Å²) in [5.41, 5.74) is 7.59. The molecule has 1 aliphatic rings. The molecule has 1 aromatic heterocycles. The quantitative estimate of drug-likeness (QED) is 0.636. The van der Waals surface area contributed by atoms with Gasteiger partial charge < -0.3 is 10.8 Å². The van der Waals surface area contributed by atoms with E-state index in [1.54, 1.807) is 4.68 Å². The summed E-state index contributed by atoms with van der Waals surface area (Å²) >= 11 is 0.